The van der Waals surface area contributed by atoms with Gasteiger partial charge < -0.3 is 10.1 Å². The summed E-state index contributed by atoms with van der Waals surface area (Å²) in [5.41, 5.74) is 5.17. The molecule has 0 saturated heterocycles. The number of nitrogens with zero attached hydrogens (tertiary/aromatic N) is 1. The van der Waals surface area contributed by atoms with E-state index in [1.165, 1.54) is 23.3 Å². The summed E-state index contributed by atoms with van der Waals surface area (Å²) in [6, 6.07) is 20.6. The summed E-state index contributed by atoms with van der Waals surface area (Å²) < 4.78 is 5.88. The third kappa shape index (κ3) is 4.12. The van der Waals surface area contributed by atoms with E-state index in [0.29, 0.717) is 18.4 Å². The van der Waals surface area contributed by atoms with Crippen LogP contribution in [0, 0.1) is 16.0 Å². The van der Waals surface area contributed by atoms with Crippen molar-refractivity contribution in [1.82, 2.24) is 0 Å². The van der Waals surface area contributed by atoms with Crippen molar-refractivity contribution in [2.75, 3.05) is 5.32 Å². The predicted molar refractivity (Wildman–Crippen MR) is 127 cm³/mol. The van der Waals surface area contributed by atoms with Crippen LogP contribution in [0.3, 0.4) is 0 Å². The number of carbonyl (C=O) groups is 1. The van der Waals surface area contributed by atoms with Crippen molar-refractivity contribution in [3.63, 3.8) is 0 Å². The van der Waals surface area contributed by atoms with E-state index >= 15 is 0 Å². The molecular weight excluding hydrogens is 416 g/mol. The van der Waals surface area contributed by atoms with Gasteiger partial charge in [0.25, 0.3) is 5.69 Å². The van der Waals surface area contributed by atoms with E-state index in [-0.39, 0.29) is 17.5 Å². The Bertz CT molecular complexity index is 1230. The van der Waals surface area contributed by atoms with Crippen molar-refractivity contribution in [1.29, 1.82) is 0 Å². The first-order chi connectivity index (χ1) is 16.0. The number of allylic oxidation sites excluding steroid dienone is 2. The average molecular weight is 440 g/mol. The molecule has 1 aliphatic heterocycles. The fraction of sp³-hybridized carbons (Fsp3) is 0.222. The molecule has 3 aromatic carbocycles. The van der Waals surface area contributed by atoms with Crippen molar-refractivity contribution in [2.45, 2.75) is 31.9 Å². The quantitative estimate of drug-likeness (QED) is 0.213. The average Bonchev–Trinajstić information content (AvgIpc) is 3.33. The number of nitro benzene ring substituents is 1. The Morgan fingerprint density at radius 1 is 1.09 bits per heavy atom. The SMILES string of the molecule is CC(=O)c1ccc2c(c1)[C@@H]1C=CC[C@@H]1[C@H](c1ccc(OCc3ccc([N+](=O)[O-])cc3)cc1)N2. The summed E-state index contributed by atoms with van der Waals surface area (Å²) in [6.07, 6.45) is 5.49. The minimum atomic E-state index is -0.409. The van der Waals surface area contributed by atoms with Crippen LogP contribution in [0.2, 0.25) is 0 Å². The molecule has 3 aromatic rings. The van der Waals surface area contributed by atoms with Crippen LogP contribution in [0.1, 0.15) is 52.4 Å². The van der Waals surface area contributed by atoms with E-state index < -0.39 is 4.92 Å². The topological polar surface area (TPSA) is 81.5 Å². The van der Waals surface area contributed by atoms with Crippen LogP contribution >= 0.6 is 0 Å². The van der Waals surface area contributed by atoms with Crippen LogP contribution in [0.4, 0.5) is 11.4 Å². The number of nitrogens with one attached hydrogen (secondary N) is 1. The first-order valence-corrected chi connectivity index (χ1v) is 11.0. The zero-order valence-electron chi connectivity index (χ0n) is 18.2. The number of hydrogen-bond acceptors (Lipinski definition) is 5. The van der Waals surface area contributed by atoms with Crippen molar-refractivity contribution in [3.05, 3.63) is 111 Å². The number of Topliss-reactive ketones (excluding diaryl/α,β-unsaturated/α-hetero) is 1. The lowest BCUT2D eigenvalue weighted by atomic mass is 9.76. The van der Waals surface area contributed by atoms with Crippen LogP contribution < -0.4 is 10.1 Å². The van der Waals surface area contributed by atoms with E-state index in [4.69, 9.17) is 4.74 Å². The molecule has 6 nitrogen and oxygen atoms in total. The van der Waals surface area contributed by atoms with Gasteiger partial charge in [-0.2, -0.15) is 0 Å². The zero-order chi connectivity index (χ0) is 22.9. The molecule has 166 valence electrons. The molecule has 3 atom stereocenters. The van der Waals surface area contributed by atoms with Crippen molar-refractivity contribution in [3.8, 4) is 5.75 Å². The van der Waals surface area contributed by atoms with E-state index in [2.05, 4.69) is 29.6 Å². The maximum Gasteiger partial charge on any atom is 0.269 e. The first kappa shape index (κ1) is 20.9. The number of anilines is 1. The Morgan fingerprint density at radius 2 is 1.85 bits per heavy atom. The van der Waals surface area contributed by atoms with Crippen molar-refractivity contribution in [2.24, 2.45) is 5.92 Å². The summed E-state index contributed by atoms with van der Waals surface area (Å²) >= 11 is 0. The first-order valence-electron chi connectivity index (χ1n) is 11.0. The number of ether oxygens (including phenoxy) is 1. The van der Waals surface area contributed by atoms with Crippen LogP contribution in [-0.4, -0.2) is 10.7 Å². The van der Waals surface area contributed by atoms with Gasteiger partial charge in [-0.3, -0.25) is 14.9 Å². The van der Waals surface area contributed by atoms with Gasteiger partial charge >= 0.3 is 0 Å². The Labute approximate surface area is 192 Å². The summed E-state index contributed by atoms with van der Waals surface area (Å²) in [4.78, 5) is 22.2. The fourth-order valence-electron chi connectivity index (χ4n) is 4.80. The molecule has 2 aliphatic rings. The van der Waals surface area contributed by atoms with Gasteiger partial charge in [0.05, 0.1) is 11.0 Å². The molecule has 1 heterocycles. The van der Waals surface area contributed by atoms with Gasteiger partial charge in [-0.25, -0.2) is 0 Å². The van der Waals surface area contributed by atoms with E-state index in [1.807, 2.05) is 30.3 Å². The minimum Gasteiger partial charge on any atom is -0.489 e. The van der Waals surface area contributed by atoms with Crippen molar-refractivity contribution >= 4 is 17.2 Å². The van der Waals surface area contributed by atoms with Gasteiger partial charge in [0.2, 0.25) is 0 Å². The van der Waals surface area contributed by atoms with Gasteiger partial charge in [0.1, 0.15) is 12.4 Å². The molecular formula is C27H24N2O4. The maximum atomic E-state index is 11.8. The number of fused-ring (bicyclic) bond motifs is 3. The van der Waals surface area contributed by atoms with Crippen LogP contribution in [0.25, 0.3) is 0 Å². The Hall–Kier alpha value is -3.93. The minimum absolute atomic E-state index is 0.0712. The number of carbonyl (C=O) groups excluding carboxylic acids is 1. The van der Waals surface area contributed by atoms with E-state index in [0.717, 1.165) is 29.0 Å². The molecule has 0 bridgehead atoms. The monoisotopic (exact) mass is 440 g/mol. The molecule has 0 spiro atoms. The molecule has 0 saturated carbocycles. The smallest absolute Gasteiger partial charge is 0.269 e. The highest BCUT2D eigenvalue weighted by Crippen LogP contribution is 2.50. The second-order valence-electron chi connectivity index (χ2n) is 8.61. The second-order valence-corrected chi connectivity index (χ2v) is 8.61. The lowest BCUT2D eigenvalue weighted by molar-refractivity contribution is -0.384. The Kier molecular flexibility index (Phi) is 5.42. The molecule has 5 rings (SSSR count). The second kappa shape index (κ2) is 8.54. The van der Waals surface area contributed by atoms with Gasteiger partial charge in [-0.1, -0.05) is 24.3 Å². The number of ketones is 1. The molecule has 1 aliphatic carbocycles. The summed E-state index contributed by atoms with van der Waals surface area (Å²) in [7, 11) is 0. The van der Waals surface area contributed by atoms with Gasteiger partial charge in [0, 0.05) is 29.3 Å². The highest BCUT2D eigenvalue weighted by Gasteiger charge is 2.38. The zero-order valence-corrected chi connectivity index (χ0v) is 18.2. The number of non-ortho nitro benzene ring substituents is 1. The highest BCUT2D eigenvalue weighted by atomic mass is 16.6. The largest absolute Gasteiger partial charge is 0.489 e. The van der Waals surface area contributed by atoms with Crippen molar-refractivity contribution < 1.29 is 14.5 Å². The summed E-state index contributed by atoms with van der Waals surface area (Å²) in [5.74, 6) is 1.53. The predicted octanol–water partition coefficient (Wildman–Crippen LogP) is 6.20. The Balaban J connectivity index is 1.31. The molecule has 6 heteroatoms. The van der Waals surface area contributed by atoms with Crippen LogP contribution in [0.5, 0.6) is 5.75 Å². The number of benzene rings is 3. The lowest BCUT2D eigenvalue weighted by Crippen LogP contribution is -2.29. The van der Waals surface area contributed by atoms with E-state index in [1.54, 1.807) is 19.1 Å². The normalized spacial score (nSPS) is 20.5. The highest BCUT2D eigenvalue weighted by molar-refractivity contribution is 5.95. The molecule has 0 unspecified atom stereocenters. The third-order valence-electron chi connectivity index (χ3n) is 6.56. The maximum absolute atomic E-state index is 11.8. The Morgan fingerprint density at radius 3 is 2.55 bits per heavy atom. The molecule has 0 amide bonds. The van der Waals surface area contributed by atoms with Gasteiger partial charge in [0.15, 0.2) is 5.78 Å². The molecule has 0 aromatic heterocycles. The van der Waals surface area contributed by atoms with Crippen LogP contribution in [0.15, 0.2) is 78.9 Å². The lowest BCUT2D eigenvalue weighted by Gasteiger charge is -2.37. The van der Waals surface area contributed by atoms with Gasteiger partial charge in [-0.05, 0) is 78.4 Å². The molecule has 0 radical (unpaired) electrons. The number of nitro groups is 1. The van der Waals surface area contributed by atoms with Crippen LogP contribution in [-0.2, 0) is 6.61 Å². The van der Waals surface area contributed by atoms with Gasteiger partial charge in [-0.15, -0.1) is 0 Å². The summed E-state index contributed by atoms with van der Waals surface area (Å²) in [5, 5.41) is 14.5. The molecule has 0 fully saturated rings. The third-order valence-corrected chi connectivity index (χ3v) is 6.56. The molecule has 33 heavy (non-hydrogen) atoms. The molecule has 1 N–H and O–H groups in total. The number of hydrogen-bond donors (Lipinski definition) is 1. The fourth-order valence-corrected chi connectivity index (χ4v) is 4.80. The summed E-state index contributed by atoms with van der Waals surface area (Å²) in [6.45, 7) is 1.95. The standard InChI is InChI=1S/C27H24N2O4/c1-17(30)20-9-14-26-25(15-20)23-3-2-4-24(23)27(28-26)19-7-12-22(13-8-19)33-16-18-5-10-21(11-6-18)29(31)32/h2-3,5-15,23-24,27-28H,4,16H2,1H3/t23-,24+,27+/m1/s1. The van der Waals surface area contributed by atoms with E-state index in [9.17, 15) is 14.9 Å². The number of rotatable bonds is 6.